The van der Waals surface area contributed by atoms with Crippen molar-refractivity contribution in [1.29, 1.82) is 0 Å². The Morgan fingerprint density at radius 3 is 2.47 bits per heavy atom. The second kappa shape index (κ2) is 3.84. The first-order chi connectivity index (χ1) is 6.89. The van der Waals surface area contributed by atoms with Crippen molar-refractivity contribution in [2.45, 2.75) is 12.8 Å². The third-order valence-electron chi connectivity index (χ3n) is 2.03. The van der Waals surface area contributed by atoms with Crippen LogP contribution >= 0.6 is 0 Å². The highest BCUT2D eigenvalue weighted by Crippen LogP contribution is 2.31. The van der Waals surface area contributed by atoms with Crippen LogP contribution in [0, 0.1) is 6.92 Å². The van der Waals surface area contributed by atoms with Crippen molar-refractivity contribution in [2.24, 2.45) is 0 Å². The minimum Gasteiger partial charge on any atom is -0.496 e. The Bertz CT molecular complexity index is 388. The lowest BCUT2D eigenvalue weighted by Crippen LogP contribution is -2.25. The van der Waals surface area contributed by atoms with Gasteiger partial charge >= 0.3 is 11.9 Å². The van der Waals surface area contributed by atoms with E-state index in [4.69, 9.17) is 9.84 Å². The van der Waals surface area contributed by atoms with Gasteiger partial charge in [0.05, 0.1) is 7.11 Å². The summed E-state index contributed by atoms with van der Waals surface area (Å²) in [5.74, 6) is -5.58. The summed E-state index contributed by atoms with van der Waals surface area (Å²) in [6.45, 7) is 1.57. The Hall–Kier alpha value is -1.65. The molecule has 0 amide bonds. The summed E-state index contributed by atoms with van der Waals surface area (Å²) in [6.07, 6.45) is 0. The van der Waals surface area contributed by atoms with Crippen LogP contribution in [-0.4, -0.2) is 18.2 Å². The van der Waals surface area contributed by atoms with Crippen LogP contribution in [0.5, 0.6) is 5.75 Å². The SMILES string of the molecule is COc1ccc(C(F)(F)C(=O)O)cc1C. The summed E-state index contributed by atoms with van der Waals surface area (Å²) >= 11 is 0. The number of halogens is 2. The first-order valence-electron chi connectivity index (χ1n) is 4.16. The molecule has 0 aliphatic carbocycles. The quantitative estimate of drug-likeness (QED) is 0.842. The molecule has 1 aromatic rings. The highest BCUT2D eigenvalue weighted by atomic mass is 19.3. The number of hydrogen-bond acceptors (Lipinski definition) is 2. The zero-order valence-corrected chi connectivity index (χ0v) is 8.25. The smallest absolute Gasteiger partial charge is 0.379 e. The average molecular weight is 216 g/mol. The maximum Gasteiger partial charge on any atom is 0.379 e. The molecule has 0 unspecified atom stereocenters. The fraction of sp³-hybridized carbons (Fsp3) is 0.300. The Morgan fingerprint density at radius 1 is 1.47 bits per heavy atom. The van der Waals surface area contributed by atoms with E-state index >= 15 is 0 Å². The number of alkyl halides is 2. The third-order valence-corrected chi connectivity index (χ3v) is 2.03. The first-order valence-corrected chi connectivity index (χ1v) is 4.16. The van der Waals surface area contributed by atoms with Crippen LogP contribution in [-0.2, 0) is 10.7 Å². The first kappa shape index (κ1) is 11.4. The van der Waals surface area contributed by atoms with Crippen molar-refractivity contribution in [3.63, 3.8) is 0 Å². The van der Waals surface area contributed by atoms with Crippen molar-refractivity contribution < 1.29 is 23.4 Å². The number of hydrogen-bond donors (Lipinski definition) is 1. The van der Waals surface area contributed by atoms with E-state index in [1.165, 1.54) is 13.2 Å². The Labute approximate surface area is 85.3 Å². The summed E-state index contributed by atoms with van der Waals surface area (Å²) in [7, 11) is 1.41. The van der Waals surface area contributed by atoms with Gasteiger partial charge in [0.15, 0.2) is 0 Å². The van der Waals surface area contributed by atoms with E-state index in [1.807, 2.05) is 0 Å². The van der Waals surface area contributed by atoms with Gasteiger partial charge in [0.2, 0.25) is 0 Å². The van der Waals surface area contributed by atoms with E-state index in [-0.39, 0.29) is 0 Å². The summed E-state index contributed by atoms with van der Waals surface area (Å²) in [6, 6.07) is 3.47. The minimum atomic E-state index is -3.86. The molecule has 0 aliphatic heterocycles. The lowest BCUT2D eigenvalue weighted by Gasteiger charge is -2.13. The van der Waals surface area contributed by atoms with Gasteiger partial charge in [-0.1, -0.05) is 0 Å². The van der Waals surface area contributed by atoms with Gasteiger partial charge in [-0.2, -0.15) is 8.78 Å². The van der Waals surface area contributed by atoms with E-state index < -0.39 is 17.5 Å². The van der Waals surface area contributed by atoms with Gasteiger partial charge < -0.3 is 9.84 Å². The molecule has 0 bridgehead atoms. The van der Waals surface area contributed by atoms with Crippen LogP contribution in [0.25, 0.3) is 0 Å². The maximum absolute atomic E-state index is 13.1. The van der Waals surface area contributed by atoms with Crippen molar-refractivity contribution in [1.82, 2.24) is 0 Å². The zero-order valence-electron chi connectivity index (χ0n) is 8.25. The molecule has 0 saturated carbocycles. The fourth-order valence-electron chi connectivity index (χ4n) is 1.20. The molecule has 0 aliphatic rings. The van der Waals surface area contributed by atoms with Crippen LogP contribution in [0.4, 0.5) is 8.78 Å². The monoisotopic (exact) mass is 216 g/mol. The van der Waals surface area contributed by atoms with Gasteiger partial charge in [0.25, 0.3) is 0 Å². The molecule has 3 nitrogen and oxygen atoms in total. The van der Waals surface area contributed by atoms with Gasteiger partial charge in [-0.15, -0.1) is 0 Å². The molecule has 0 heterocycles. The number of ether oxygens (including phenoxy) is 1. The van der Waals surface area contributed by atoms with Crippen molar-refractivity contribution >= 4 is 5.97 Å². The fourth-order valence-corrected chi connectivity index (χ4v) is 1.20. The Morgan fingerprint density at radius 2 is 2.07 bits per heavy atom. The number of aryl methyl sites for hydroxylation is 1. The predicted molar refractivity (Wildman–Crippen MR) is 49.3 cm³/mol. The summed E-state index contributed by atoms with van der Waals surface area (Å²) < 4.78 is 31.0. The summed E-state index contributed by atoms with van der Waals surface area (Å²) in [5, 5.41) is 8.33. The molecule has 1 N–H and O–H groups in total. The standard InChI is InChI=1S/C10H10F2O3/c1-6-5-7(3-4-8(6)15-2)10(11,12)9(13)14/h3-5H,1-2H3,(H,13,14). The minimum absolute atomic E-state index is 0.444. The lowest BCUT2D eigenvalue weighted by atomic mass is 10.1. The molecule has 0 atom stereocenters. The molecule has 0 saturated heterocycles. The van der Waals surface area contributed by atoms with Crippen molar-refractivity contribution in [3.8, 4) is 5.75 Å². The number of aliphatic carboxylic acids is 1. The van der Waals surface area contributed by atoms with Crippen LogP contribution in [0.2, 0.25) is 0 Å². The van der Waals surface area contributed by atoms with Gasteiger partial charge in [0, 0.05) is 5.56 Å². The molecular weight excluding hydrogens is 206 g/mol. The van der Waals surface area contributed by atoms with E-state index in [1.54, 1.807) is 6.92 Å². The van der Waals surface area contributed by atoms with Gasteiger partial charge in [-0.3, -0.25) is 0 Å². The van der Waals surface area contributed by atoms with E-state index in [2.05, 4.69) is 0 Å². The van der Waals surface area contributed by atoms with Crippen molar-refractivity contribution in [2.75, 3.05) is 7.11 Å². The number of carboxylic acids is 1. The number of benzene rings is 1. The van der Waals surface area contributed by atoms with Gasteiger partial charge in [-0.05, 0) is 30.7 Å². The topological polar surface area (TPSA) is 46.5 Å². The van der Waals surface area contributed by atoms with Gasteiger partial charge in [-0.25, -0.2) is 4.79 Å². The highest BCUT2D eigenvalue weighted by molar-refractivity contribution is 5.77. The molecule has 0 radical (unpaired) electrons. The Kier molecular flexibility index (Phi) is 2.93. The Balaban J connectivity index is 3.18. The molecule has 0 fully saturated rings. The zero-order chi connectivity index (χ0) is 11.6. The number of carbonyl (C=O) groups is 1. The normalized spacial score (nSPS) is 11.2. The maximum atomic E-state index is 13.1. The summed E-state index contributed by atoms with van der Waals surface area (Å²) in [5.41, 5.74) is -0.0794. The molecule has 15 heavy (non-hydrogen) atoms. The van der Waals surface area contributed by atoms with E-state index in [0.717, 1.165) is 12.1 Å². The number of carboxylic acid groups (broad SMARTS) is 1. The number of rotatable bonds is 3. The van der Waals surface area contributed by atoms with Crippen LogP contribution in [0.1, 0.15) is 11.1 Å². The molecule has 0 aromatic heterocycles. The highest BCUT2D eigenvalue weighted by Gasteiger charge is 2.41. The molecular formula is C10H10F2O3. The predicted octanol–water partition coefficient (Wildman–Crippen LogP) is 2.18. The van der Waals surface area contributed by atoms with Crippen molar-refractivity contribution in [3.05, 3.63) is 29.3 Å². The van der Waals surface area contributed by atoms with E-state index in [9.17, 15) is 13.6 Å². The van der Waals surface area contributed by atoms with Crippen LogP contribution in [0.3, 0.4) is 0 Å². The molecule has 1 rings (SSSR count). The second-order valence-electron chi connectivity index (χ2n) is 3.06. The second-order valence-corrected chi connectivity index (χ2v) is 3.06. The average Bonchev–Trinajstić information content (AvgIpc) is 2.17. The third kappa shape index (κ3) is 2.06. The number of methoxy groups -OCH3 is 1. The summed E-state index contributed by atoms with van der Waals surface area (Å²) in [4.78, 5) is 10.3. The van der Waals surface area contributed by atoms with Crippen LogP contribution in [0.15, 0.2) is 18.2 Å². The molecule has 82 valence electrons. The molecule has 0 spiro atoms. The van der Waals surface area contributed by atoms with Crippen LogP contribution < -0.4 is 4.74 Å². The van der Waals surface area contributed by atoms with E-state index in [0.29, 0.717) is 11.3 Å². The molecule has 5 heteroatoms. The largest absolute Gasteiger partial charge is 0.496 e. The lowest BCUT2D eigenvalue weighted by molar-refractivity contribution is -0.166. The molecule has 1 aromatic carbocycles. The van der Waals surface area contributed by atoms with Gasteiger partial charge in [0.1, 0.15) is 5.75 Å².